The molecule has 0 unspecified atom stereocenters. The highest BCUT2D eigenvalue weighted by atomic mass is 16.1. The van der Waals surface area contributed by atoms with E-state index >= 15 is 0 Å². The van der Waals surface area contributed by atoms with Crippen LogP contribution in [0, 0.1) is 0 Å². The van der Waals surface area contributed by atoms with Gasteiger partial charge in [0.1, 0.15) is 0 Å². The Hall–Kier alpha value is -2.87. The van der Waals surface area contributed by atoms with Gasteiger partial charge in [-0.2, -0.15) is 0 Å². The molecule has 0 aromatic heterocycles. The molecule has 32 heavy (non-hydrogen) atoms. The maximum Gasteiger partial charge on any atom is 0.246 e. The molecule has 0 saturated heterocycles. The van der Waals surface area contributed by atoms with Crippen LogP contribution in [0.5, 0.6) is 0 Å². The first-order valence-corrected chi connectivity index (χ1v) is 12.1. The Bertz CT molecular complexity index is 1080. The van der Waals surface area contributed by atoms with E-state index in [9.17, 15) is 4.79 Å². The molecule has 0 aliphatic rings. The van der Waals surface area contributed by atoms with Gasteiger partial charge in [-0.15, -0.1) is 0 Å². The van der Waals surface area contributed by atoms with Gasteiger partial charge in [0.2, 0.25) is 5.91 Å². The van der Waals surface area contributed by atoms with Crippen molar-refractivity contribution in [3.05, 3.63) is 83.4 Å². The van der Waals surface area contributed by atoms with Gasteiger partial charge in [-0.25, -0.2) is 0 Å². The van der Waals surface area contributed by atoms with Gasteiger partial charge in [0.05, 0.1) is 0 Å². The molecule has 2 nitrogen and oxygen atoms in total. The predicted octanol–water partition coefficient (Wildman–Crippen LogP) is 7.43. The summed E-state index contributed by atoms with van der Waals surface area (Å²) in [5.41, 5.74) is 7.31. The van der Waals surface area contributed by atoms with E-state index in [-0.39, 0.29) is 5.91 Å². The Balaban J connectivity index is 1.71. The molecular weight excluding hydrogens is 390 g/mol. The molecule has 0 bridgehead atoms. The number of hydrogen-bond donors (Lipinski definition) is 1. The van der Waals surface area contributed by atoms with E-state index in [1.807, 2.05) is 0 Å². The fourth-order valence-corrected chi connectivity index (χ4v) is 4.22. The third kappa shape index (κ3) is 6.32. The lowest BCUT2D eigenvalue weighted by Crippen LogP contribution is -2.24. The van der Waals surface area contributed by atoms with Crippen LogP contribution in [0.25, 0.3) is 21.9 Å². The van der Waals surface area contributed by atoms with Crippen molar-refractivity contribution in [2.75, 3.05) is 6.54 Å². The van der Waals surface area contributed by atoms with Gasteiger partial charge < -0.3 is 5.32 Å². The smallest absolute Gasteiger partial charge is 0.246 e. The first-order valence-electron chi connectivity index (χ1n) is 12.1. The predicted molar refractivity (Wildman–Crippen MR) is 138 cm³/mol. The Morgan fingerprint density at radius 2 is 1.53 bits per heavy atom. The highest BCUT2D eigenvalue weighted by Gasteiger charge is 2.08. The summed E-state index contributed by atoms with van der Waals surface area (Å²) in [6.45, 7) is 10.6. The number of carbonyl (C=O) groups is 1. The number of rotatable bonds is 11. The molecule has 0 saturated carbocycles. The van der Waals surface area contributed by atoms with E-state index in [0.29, 0.717) is 12.1 Å². The van der Waals surface area contributed by atoms with Crippen LogP contribution in [0.15, 0.2) is 66.7 Å². The molecule has 0 atom stereocenters. The molecule has 3 aromatic rings. The van der Waals surface area contributed by atoms with Crippen molar-refractivity contribution in [1.82, 2.24) is 5.32 Å². The Morgan fingerprint density at radius 3 is 2.28 bits per heavy atom. The van der Waals surface area contributed by atoms with Crippen molar-refractivity contribution in [2.24, 2.45) is 0 Å². The van der Waals surface area contributed by atoms with Gasteiger partial charge in [-0.3, -0.25) is 4.79 Å². The molecule has 3 aromatic carbocycles. The minimum Gasteiger partial charge on any atom is -0.352 e. The van der Waals surface area contributed by atoms with E-state index in [4.69, 9.17) is 0 Å². The molecule has 0 spiro atoms. The lowest BCUT2D eigenvalue weighted by Gasteiger charge is -2.13. The van der Waals surface area contributed by atoms with E-state index in [2.05, 4.69) is 80.3 Å². The molecule has 2 heteroatoms. The lowest BCUT2D eigenvalue weighted by molar-refractivity contribution is -0.117. The third-order valence-electron chi connectivity index (χ3n) is 6.15. The van der Waals surface area contributed by atoms with Crippen LogP contribution >= 0.6 is 0 Å². The average molecular weight is 428 g/mol. The number of carbonyl (C=O) groups excluding carboxylic acids is 1. The van der Waals surface area contributed by atoms with Crippen molar-refractivity contribution >= 4 is 16.7 Å². The van der Waals surface area contributed by atoms with Crippen LogP contribution in [0.3, 0.4) is 0 Å². The Morgan fingerprint density at radius 1 is 0.844 bits per heavy atom. The summed E-state index contributed by atoms with van der Waals surface area (Å²) in [5.74, 6) is -0.0565. The maximum atomic E-state index is 11.6. The van der Waals surface area contributed by atoms with Crippen molar-refractivity contribution in [3.8, 4) is 11.1 Å². The summed E-state index contributed by atoms with van der Waals surface area (Å²) < 4.78 is 0. The molecule has 168 valence electrons. The van der Waals surface area contributed by atoms with Crippen LogP contribution in [-0.4, -0.2) is 12.5 Å². The van der Waals surface area contributed by atoms with Crippen LogP contribution < -0.4 is 5.32 Å². The number of hydrogen-bond acceptors (Lipinski definition) is 1. The van der Waals surface area contributed by atoms with Gasteiger partial charge in [-0.05, 0) is 83.7 Å². The molecule has 0 fully saturated rings. The molecule has 1 amide bonds. The fraction of sp³-hybridized carbons (Fsp3) is 0.367. The number of fused-ring (bicyclic) bond motifs is 1. The van der Waals surface area contributed by atoms with Crippen LogP contribution in [-0.2, 0) is 24.1 Å². The highest BCUT2D eigenvalue weighted by molar-refractivity contribution is 5.92. The van der Waals surface area contributed by atoms with E-state index in [1.54, 1.807) is 6.92 Å². The largest absolute Gasteiger partial charge is 0.352 e. The summed E-state index contributed by atoms with van der Waals surface area (Å²) in [5, 5.41) is 5.55. The third-order valence-corrected chi connectivity index (χ3v) is 6.15. The van der Waals surface area contributed by atoms with Gasteiger partial charge >= 0.3 is 0 Å². The number of aryl methyl sites for hydroxylation is 3. The molecule has 0 aliphatic carbocycles. The molecular formula is C30H37NO. The average Bonchev–Trinajstić information content (AvgIpc) is 2.81. The Kier molecular flexibility index (Phi) is 8.67. The lowest BCUT2D eigenvalue weighted by atomic mass is 9.93. The SMILES string of the molecule is C=C(C)C(=O)NCCCc1ccc(-c2ccc3cc(CCCCC)ccc3c2)c(CC)c1. The van der Waals surface area contributed by atoms with Crippen molar-refractivity contribution in [3.63, 3.8) is 0 Å². The van der Waals surface area contributed by atoms with Gasteiger partial charge in [0.15, 0.2) is 0 Å². The first kappa shape index (κ1) is 23.8. The monoisotopic (exact) mass is 427 g/mol. The second kappa shape index (κ2) is 11.7. The van der Waals surface area contributed by atoms with Crippen LogP contribution in [0.2, 0.25) is 0 Å². The van der Waals surface area contributed by atoms with Crippen LogP contribution in [0.1, 0.15) is 63.1 Å². The molecule has 1 N–H and O–H groups in total. The Labute approximate surface area is 193 Å². The van der Waals surface area contributed by atoms with E-state index in [0.717, 1.165) is 19.3 Å². The van der Waals surface area contributed by atoms with Gasteiger partial charge in [-0.1, -0.05) is 81.8 Å². The normalized spacial score (nSPS) is 11.0. The molecule has 0 heterocycles. The summed E-state index contributed by atoms with van der Waals surface area (Å²) in [7, 11) is 0. The molecule has 0 radical (unpaired) electrons. The highest BCUT2D eigenvalue weighted by Crippen LogP contribution is 2.29. The first-order chi connectivity index (χ1) is 15.5. The zero-order valence-electron chi connectivity index (χ0n) is 20.0. The fourth-order valence-electron chi connectivity index (χ4n) is 4.22. The number of benzene rings is 3. The summed E-state index contributed by atoms with van der Waals surface area (Å²) >= 11 is 0. The topological polar surface area (TPSA) is 29.1 Å². The maximum absolute atomic E-state index is 11.6. The van der Waals surface area contributed by atoms with Crippen molar-refractivity contribution < 1.29 is 4.79 Å². The van der Waals surface area contributed by atoms with Crippen LogP contribution in [0.4, 0.5) is 0 Å². The minimum atomic E-state index is -0.0565. The van der Waals surface area contributed by atoms with Gasteiger partial charge in [0, 0.05) is 12.1 Å². The quantitative estimate of drug-likeness (QED) is 0.250. The standard InChI is InChI=1S/C30H37NO/c1-5-7-8-10-23-12-14-27-21-28(16-15-26(27)20-23)29-17-13-24(19-25(29)6-2)11-9-18-31-30(32)22(3)4/h12-17,19-21H,3,5-11,18H2,1-2,4H3,(H,31,32). The number of amides is 1. The second-order valence-corrected chi connectivity index (χ2v) is 8.84. The number of nitrogens with one attached hydrogen (secondary N) is 1. The van der Waals surface area contributed by atoms with Crippen molar-refractivity contribution in [1.29, 1.82) is 0 Å². The van der Waals surface area contributed by atoms with Gasteiger partial charge in [0.25, 0.3) is 0 Å². The summed E-state index contributed by atoms with van der Waals surface area (Å²) in [4.78, 5) is 11.6. The second-order valence-electron chi connectivity index (χ2n) is 8.84. The van der Waals surface area contributed by atoms with E-state index in [1.165, 1.54) is 64.3 Å². The summed E-state index contributed by atoms with van der Waals surface area (Å²) in [6, 6.07) is 20.6. The zero-order valence-corrected chi connectivity index (χ0v) is 20.0. The molecule has 3 rings (SSSR count). The van der Waals surface area contributed by atoms with E-state index < -0.39 is 0 Å². The number of unbranched alkanes of at least 4 members (excludes halogenated alkanes) is 2. The minimum absolute atomic E-state index is 0.0565. The summed E-state index contributed by atoms with van der Waals surface area (Å²) in [6.07, 6.45) is 7.90. The molecule has 0 aliphatic heterocycles. The van der Waals surface area contributed by atoms with Crippen molar-refractivity contribution in [2.45, 2.75) is 65.7 Å². The zero-order chi connectivity index (χ0) is 22.9.